The lowest BCUT2D eigenvalue weighted by atomic mass is 9.90. The molecule has 1 unspecified atom stereocenters. The predicted molar refractivity (Wildman–Crippen MR) is 143 cm³/mol. The number of piperidine rings is 1. The van der Waals surface area contributed by atoms with Gasteiger partial charge in [-0.25, -0.2) is 0 Å². The highest BCUT2D eigenvalue weighted by Crippen LogP contribution is 2.29. The molecule has 0 aliphatic carbocycles. The molecule has 40 heavy (non-hydrogen) atoms. The van der Waals surface area contributed by atoms with E-state index >= 15 is 0 Å². The van der Waals surface area contributed by atoms with Gasteiger partial charge >= 0.3 is 17.5 Å². The highest BCUT2D eigenvalue weighted by atomic mass is 35.5. The van der Waals surface area contributed by atoms with Crippen molar-refractivity contribution in [2.24, 2.45) is 5.92 Å². The van der Waals surface area contributed by atoms with E-state index in [9.17, 15) is 28.4 Å². The van der Waals surface area contributed by atoms with Gasteiger partial charge in [0.1, 0.15) is 24.3 Å². The quantitative estimate of drug-likeness (QED) is 0.218. The number of hydrogen-bond donors (Lipinski definition) is 1. The number of anilines is 1. The van der Waals surface area contributed by atoms with Crippen LogP contribution >= 0.6 is 11.6 Å². The molecule has 216 valence electrons. The van der Waals surface area contributed by atoms with Crippen LogP contribution in [0.3, 0.4) is 0 Å². The second-order valence-corrected chi connectivity index (χ2v) is 10.5. The van der Waals surface area contributed by atoms with Gasteiger partial charge in [0.2, 0.25) is 0 Å². The van der Waals surface area contributed by atoms with Crippen molar-refractivity contribution in [2.45, 2.75) is 51.1 Å². The van der Waals surface area contributed by atoms with Gasteiger partial charge in [-0.3, -0.25) is 4.57 Å². The fraction of sp³-hybridized carbons (Fsp3) is 0.444. The largest absolute Gasteiger partial charge is 0.573 e. The van der Waals surface area contributed by atoms with Crippen molar-refractivity contribution in [3.05, 3.63) is 75.7 Å². The summed E-state index contributed by atoms with van der Waals surface area (Å²) in [7, 11) is 0. The first-order chi connectivity index (χ1) is 18.9. The zero-order valence-electron chi connectivity index (χ0n) is 21.8. The van der Waals surface area contributed by atoms with Crippen molar-refractivity contribution < 1.29 is 32.7 Å². The van der Waals surface area contributed by atoms with Gasteiger partial charge in [0.15, 0.2) is 0 Å². The molecule has 1 aliphatic rings. The summed E-state index contributed by atoms with van der Waals surface area (Å²) < 4.78 is 48.2. The number of alkyl halides is 3. The minimum atomic E-state index is -4.69. The zero-order chi connectivity index (χ0) is 28.9. The molecule has 2 heterocycles. The number of ether oxygens (including phenoxy) is 2. The first kappa shape index (κ1) is 29.5. The molecule has 0 saturated carbocycles. The Hall–Kier alpha value is -3.51. The third kappa shape index (κ3) is 8.49. The average molecular weight is 583 g/mol. The molecule has 0 amide bonds. The van der Waals surface area contributed by atoms with Gasteiger partial charge < -0.3 is 29.6 Å². The van der Waals surface area contributed by atoms with Crippen LogP contribution in [0.5, 0.6) is 11.5 Å². The van der Waals surface area contributed by atoms with Gasteiger partial charge in [0, 0.05) is 25.3 Å². The fourth-order valence-corrected chi connectivity index (χ4v) is 4.83. The summed E-state index contributed by atoms with van der Waals surface area (Å²) >= 11 is 5.93. The molecular weight excluding hydrogens is 553 g/mol. The van der Waals surface area contributed by atoms with Crippen molar-refractivity contribution in [1.29, 1.82) is 0 Å². The summed E-state index contributed by atoms with van der Waals surface area (Å²) in [5.41, 5.74) is 0.844. The van der Waals surface area contributed by atoms with Gasteiger partial charge in [0.25, 0.3) is 0 Å². The van der Waals surface area contributed by atoms with E-state index in [0.29, 0.717) is 11.7 Å². The van der Waals surface area contributed by atoms with Crippen molar-refractivity contribution in [1.82, 2.24) is 9.55 Å². The van der Waals surface area contributed by atoms with E-state index in [4.69, 9.17) is 16.3 Å². The molecule has 1 N–H and O–H groups in total. The third-order valence-corrected chi connectivity index (χ3v) is 7.14. The van der Waals surface area contributed by atoms with Gasteiger partial charge in [0.05, 0.1) is 5.60 Å². The van der Waals surface area contributed by atoms with Crippen LogP contribution in [-0.2, 0) is 13.0 Å². The third-order valence-electron chi connectivity index (χ3n) is 6.84. The standard InChI is InChI=1S/C27H30ClF3N4O5/c1-26(36,12-15-34-17-24(35(37)38)32-25(34)28)18-39-22-8-4-21(5-9-22)33-13-10-20(11-14-33)16-19-2-6-23(7-3-19)40-27(29,30)31/h2-9,17,20,36H,10-16,18H2,1H3. The van der Waals surface area contributed by atoms with E-state index in [1.54, 1.807) is 19.1 Å². The van der Waals surface area contributed by atoms with Gasteiger partial charge in [-0.2, -0.15) is 0 Å². The topological polar surface area (TPSA) is 103 Å². The molecule has 1 atom stereocenters. The zero-order valence-corrected chi connectivity index (χ0v) is 22.6. The highest BCUT2D eigenvalue weighted by Gasteiger charge is 2.31. The summed E-state index contributed by atoms with van der Waals surface area (Å²) in [5.74, 6) is 0.486. The van der Waals surface area contributed by atoms with Crippen molar-refractivity contribution in [3.63, 3.8) is 0 Å². The van der Waals surface area contributed by atoms with Crippen LogP contribution in [0.25, 0.3) is 0 Å². The fourth-order valence-electron chi connectivity index (χ4n) is 4.61. The molecule has 0 bridgehead atoms. The van der Waals surface area contributed by atoms with Crippen LogP contribution in [0.2, 0.25) is 5.28 Å². The molecule has 4 rings (SSSR count). The number of hydrogen-bond acceptors (Lipinski definition) is 7. The van der Waals surface area contributed by atoms with E-state index in [-0.39, 0.29) is 36.4 Å². The van der Waals surface area contributed by atoms with Gasteiger partial charge in [-0.15, -0.1) is 13.2 Å². The molecule has 1 aromatic heterocycles. The number of aromatic nitrogens is 2. The summed E-state index contributed by atoms with van der Waals surface area (Å²) in [6, 6.07) is 13.7. The monoisotopic (exact) mass is 582 g/mol. The predicted octanol–water partition coefficient (Wildman–Crippen LogP) is 6.02. The maximum Gasteiger partial charge on any atom is 0.573 e. The Bertz CT molecular complexity index is 1270. The van der Waals surface area contributed by atoms with E-state index in [0.717, 1.165) is 43.6 Å². The minimum absolute atomic E-state index is 0.0170. The van der Waals surface area contributed by atoms with Crippen LogP contribution in [0.15, 0.2) is 54.7 Å². The molecule has 1 saturated heterocycles. The number of nitro groups is 1. The molecule has 9 nitrogen and oxygen atoms in total. The smallest absolute Gasteiger partial charge is 0.491 e. The van der Waals surface area contributed by atoms with Crippen LogP contribution < -0.4 is 14.4 Å². The lowest BCUT2D eigenvalue weighted by Gasteiger charge is -2.34. The minimum Gasteiger partial charge on any atom is -0.491 e. The lowest BCUT2D eigenvalue weighted by molar-refractivity contribution is -0.389. The maximum absolute atomic E-state index is 12.3. The van der Waals surface area contributed by atoms with E-state index in [2.05, 4.69) is 14.6 Å². The van der Waals surface area contributed by atoms with E-state index in [1.165, 1.54) is 22.9 Å². The number of nitrogens with zero attached hydrogens (tertiary/aromatic N) is 4. The molecule has 1 fully saturated rings. The second-order valence-electron chi connectivity index (χ2n) is 10.2. The summed E-state index contributed by atoms with van der Waals surface area (Å²) in [5, 5.41) is 21.5. The van der Waals surface area contributed by atoms with Crippen molar-refractivity contribution in [2.75, 3.05) is 24.6 Å². The highest BCUT2D eigenvalue weighted by molar-refractivity contribution is 6.28. The number of halogens is 4. The molecule has 2 aromatic carbocycles. The number of imidazole rings is 1. The Kier molecular flexibility index (Phi) is 9.09. The summed E-state index contributed by atoms with van der Waals surface area (Å²) in [6.45, 7) is 3.61. The summed E-state index contributed by atoms with van der Waals surface area (Å²) in [6.07, 6.45) is -0.480. The molecular formula is C27H30ClF3N4O5. The second kappa shape index (κ2) is 12.3. The Morgan fingerprint density at radius 2 is 1.73 bits per heavy atom. The normalized spacial score (nSPS) is 16.0. The first-order valence-corrected chi connectivity index (χ1v) is 13.2. The molecule has 0 spiro atoms. The Labute approximate surface area is 234 Å². The Morgan fingerprint density at radius 1 is 1.10 bits per heavy atom. The average Bonchev–Trinajstić information content (AvgIpc) is 3.28. The number of aryl methyl sites for hydroxylation is 1. The lowest BCUT2D eigenvalue weighted by Crippen LogP contribution is -2.34. The first-order valence-electron chi connectivity index (χ1n) is 12.8. The van der Waals surface area contributed by atoms with E-state index < -0.39 is 16.9 Å². The van der Waals surface area contributed by atoms with Crippen LogP contribution in [0.4, 0.5) is 24.7 Å². The Morgan fingerprint density at radius 3 is 2.30 bits per heavy atom. The molecule has 3 aromatic rings. The number of aliphatic hydroxyl groups is 1. The maximum atomic E-state index is 12.3. The van der Waals surface area contributed by atoms with Crippen LogP contribution in [0.1, 0.15) is 31.7 Å². The molecule has 0 radical (unpaired) electrons. The SMILES string of the molecule is CC(O)(CCn1cc([N+](=O)[O-])nc1Cl)COc1ccc(N2CCC(Cc3ccc(OC(F)(F)F)cc3)CC2)cc1. The van der Waals surface area contributed by atoms with Gasteiger partial charge in [-0.05, 0) is 102 Å². The molecule has 13 heteroatoms. The number of rotatable bonds is 11. The Balaban J connectivity index is 1.21. The summed E-state index contributed by atoms with van der Waals surface area (Å²) in [4.78, 5) is 16.2. The molecule has 1 aliphatic heterocycles. The van der Waals surface area contributed by atoms with E-state index in [1.807, 2.05) is 24.3 Å². The van der Waals surface area contributed by atoms with Crippen molar-refractivity contribution >= 4 is 23.1 Å². The van der Waals surface area contributed by atoms with Crippen LogP contribution in [-0.4, -0.2) is 51.2 Å². The van der Waals surface area contributed by atoms with Gasteiger partial charge in [-0.1, -0.05) is 12.1 Å². The number of benzene rings is 2. The van der Waals surface area contributed by atoms with Crippen LogP contribution in [0, 0.1) is 16.0 Å². The van der Waals surface area contributed by atoms with Crippen molar-refractivity contribution in [3.8, 4) is 11.5 Å².